The topological polar surface area (TPSA) is 72.1 Å². The van der Waals surface area contributed by atoms with Gasteiger partial charge in [0, 0.05) is 19.6 Å². The lowest BCUT2D eigenvalue weighted by Crippen LogP contribution is -2.44. The summed E-state index contributed by atoms with van der Waals surface area (Å²) in [5.41, 5.74) is -0.497. The van der Waals surface area contributed by atoms with Gasteiger partial charge in [0.05, 0.1) is 23.2 Å². The fraction of sp³-hybridized carbons (Fsp3) is 0.423. The van der Waals surface area contributed by atoms with E-state index in [1.54, 1.807) is 18.2 Å². The molecule has 0 radical (unpaired) electrons. The number of para-hydroxylation sites is 1. The van der Waals surface area contributed by atoms with Crippen molar-refractivity contribution < 1.29 is 32.2 Å². The molecule has 188 valence electrons. The van der Waals surface area contributed by atoms with Crippen LogP contribution in [0.4, 0.5) is 13.2 Å². The Bertz CT molecular complexity index is 1270. The second-order valence-electron chi connectivity index (χ2n) is 9.27. The van der Waals surface area contributed by atoms with Crippen LogP contribution < -0.4 is 10.2 Å². The van der Waals surface area contributed by atoms with Gasteiger partial charge in [-0.2, -0.15) is 13.2 Å². The van der Waals surface area contributed by atoms with Gasteiger partial charge >= 0.3 is 6.18 Å². The number of hydrogen-bond acceptors (Lipinski definition) is 6. The van der Waals surface area contributed by atoms with Crippen molar-refractivity contribution in [2.45, 2.75) is 58.5 Å². The molecule has 1 aliphatic heterocycles. The average molecular weight is 492 g/mol. The van der Waals surface area contributed by atoms with Crippen LogP contribution in [0.5, 0.6) is 17.2 Å². The summed E-state index contributed by atoms with van der Waals surface area (Å²) in [6, 6.07) is 9.17. The van der Waals surface area contributed by atoms with E-state index in [1.165, 1.54) is 18.2 Å². The predicted molar refractivity (Wildman–Crippen MR) is 125 cm³/mol. The molecule has 0 amide bonds. The van der Waals surface area contributed by atoms with Crippen LogP contribution in [0.1, 0.15) is 50.5 Å². The van der Waals surface area contributed by atoms with E-state index in [-0.39, 0.29) is 52.7 Å². The summed E-state index contributed by atoms with van der Waals surface area (Å²) >= 11 is 0. The summed E-state index contributed by atoms with van der Waals surface area (Å²) in [5.74, 6) is -2.61. The second kappa shape index (κ2) is 9.54. The van der Waals surface area contributed by atoms with Crippen molar-refractivity contribution >= 4 is 11.0 Å². The Labute approximate surface area is 200 Å². The number of hydrogen-bond donors (Lipinski definition) is 1. The number of benzene rings is 2. The minimum Gasteiger partial charge on any atom is -0.507 e. The van der Waals surface area contributed by atoms with Gasteiger partial charge in [0.1, 0.15) is 17.1 Å². The van der Waals surface area contributed by atoms with Crippen LogP contribution in [0.2, 0.25) is 0 Å². The van der Waals surface area contributed by atoms with Crippen molar-refractivity contribution in [1.82, 2.24) is 4.90 Å². The Morgan fingerprint density at radius 1 is 1.11 bits per heavy atom. The number of halogens is 3. The smallest absolute Gasteiger partial charge is 0.453 e. The third-order valence-electron chi connectivity index (χ3n) is 5.98. The highest BCUT2D eigenvalue weighted by molar-refractivity contribution is 5.83. The van der Waals surface area contributed by atoms with Gasteiger partial charge in [0.25, 0.3) is 5.76 Å². The van der Waals surface area contributed by atoms with Crippen molar-refractivity contribution in [3.05, 3.63) is 63.5 Å². The highest BCUT2D eigenvalue weighted by atomic mass is 19.4. The summed E-state index contributed by atoms with van der Waals surface area (Å²) in [6.45, 7) is 8.67. The van der Waals surface area contributed by atoms with E-state index in [0.29, 0.717) is 18.7 Å². The quantitative estimate of drug-likeness (QED) is 0.469. The van der Waals surface area contributed by atoms with Crippen LogP contribution in [-0.4, -0.2) is 35.3 Å². The van der Waals surface area contributed by atoms with E-state index in [0.717, 1.165) is 0 Å². The fourth-order valence-electron chi connectivity index (χ4n) is 4.52. The molecule has 1 N–H and O–H groups in total. The highest BCUT2D eigenvalue weighted by Gasteiger charge is 2.41. The molecule has 4 rings (SSSR count). The number of aromatic hydroxyl groups is 1. The normalized spacial score (nSPS) is 19.4. The van der Waals surface area contributed by atoms with Crippen molar-refractivity contribution in [3.8, 4) is 17.2 Å². The molecule has 0 spiro atoms. The number of morpholine rings is 1. The van der Waals surface area contributed by atoms with Crippen LogP contribution in [-0.2, 0) is 17.5 Å². The van der Waals surface area contributed by atoms with Gasteiger partial charge in [0.2, 0.25) is 11.2 Å². The number of phenols is 1. The Morgan fingerprint density at radius 2 is 1.77 bits per heavy atom. The number of rotatable bonds is 5. The molecule has 3 aromatic rings. The molecule has 2 aromatic carbocycles. The molecule has 0 saturated carbocycles. The first-order chi connectivity index (χ1) is 16.5. The summed E-state index contributed by atoms with van der Waals surface area (Å²) in [5, 5.41) is 10.4. The SMILES string of the molecule is CC(C)c1ccccc1Oc1c(C(F)(F)F)oc2c(CN3C[C@@H](C)O[C@H](C)C3)c(O)ccc2c1=O. The molecule has 6 nitrogen and oxygen atoms in total. The Balaban J connectivity index is 1.87. The Kier molecular flexibility index (Phi) is 6.83. The molecule has 1 saturated heterocycles. The summed E-state index contributed by atoms with van der Waals surface area (Å²) < 4.78 is 59.0. The average Bonchev–Trinajstić information content (AvgIpc) is 2.76. The van der Waals surface area contributed by atoms with Gasteiger partial charge in [0.15, 0.2) is 0 Å². The van der Waals surface area contributed by atoms with Crippen molar-refractivity contribution in [2.75, 3.05) is 13.1 Å². The molecule has 1 aromatic heterocycles. The van der Waals surface area contributed by atoms with E-state index < -0.39 is 23.1 Å². The lowest BCUT2D eigenvalue weighted by molar-refractivity contribution is -0.154. The molecule has 1 fully saturated rings. The van der Waals surface area contributed by atoms with E-state index >= 15 is 0 Å². The molecule has 2 atom stereocenters. The van der Waals surface area contributed by atoms with E-state index in [4.69, 9.17) is 13.9 Å². The zero-order valence-corrected chi connectivity index (χ0v) is 20.0. The number of fused-ring (bicyclic) bond motifs is 1. The summed E-state index contributed by atoms with van der Waals surface area (Å²) in [4.78, 5) is 15.3. The third-order valence-corrected chi connectivity index (χ3v) is 5.98. The number of phenolic OH excluding ortho intramolecular Hbond substituents is 1. The van der Waals surface area contributed by atoms with Gasteiger partial charge in [-0.05, 0) is 43.5 Å². The van der Waals surface area contributed by atoms with Crippen LogP contribution in [0.25, 0.3) is 11.0 Å². The minimum atomic E-state index is -5.00. The van der Waals surface area contributed by atoms with Gasteiger partial charge in [-0.25, -0.2) is 0 Å². The molecule has 2 heterocycles. The maximum Gasteiger partial charge on any atom is 0.453 e. The van der Waals surface area contributed by atoms with Gasteiger partial charge < -0.3 is 19.0 Å². The standard InChI is InChI=1S/C26H28F3NO5/c1-14(2)17-7-5-6-8-21(17)34-24-22(32)18-9-10-20(31)19(23(18)35-25(24)26(27,28)29)13-30-11-15(3)33-16(4)12-30/h5-10,14-16,31H,11-13H2,1-4H3/t15-,16-/m1/s1. The molecule has 0 unspecified atom stereocenters. The first-order valence-electron chi connectivity index (χ1n) is 11.5. The summed E-state index contributed by atoms with van der Waals surface area (Å²) in [6.07, 6.45) is -5.18. The monoisotopic (exact) mass is 491 g/mol. The molecule has 0 aliphatic carbocycles. The maximum absolute atomic E-state index is 14.1. The van der Waals surface area contributed by atoms with Gasteiger partial charge in [-0.15, -0.1) is 0 Å². The third kappa shape index (κ3) is 5.16. The number of nitrogens with zero attached hydrogens (tertiary/aromatic N) is 1. The van der Waals surface area contributed by atoms with Crippen LogP contribution in [0, 0.1) is 0 Å². The number of alkyl halides is 3. The minimum absolute atomic E-state index is 0.0464. The Morgan fingerprint density at radius 3 is 2.40 bits per heavy atom. The molecule has 35 heavy (non-hydrogen) atoms. The first kappa shape index (κ1) is 25.1. The molecule has 9 heteroatoms. The van der Waals surface area contributed by atoms with Crippen molar-refractivity contribution in [3.63, 3.8) is 0 Å². The van der Waals surface area contributed by atoms with Crippen molar-refractivity contribution in [1.29, 1.82) is 0 Å². The lowest BCUT2D eigenvalue weighted by atomic mass is 10.0. The Hall–Kier alpha value is -3.04. The van der Waals surface area contributed by atoms with E-state index in [1.807, 2.05) is 32.6 Å². The van der Waals surface area contributed by atoms with E-state index in [2.05, 4.69) is 0 Å². The van der Waals surface area contributed by atoms with E-state index in [9.17, 15) is 23.1 Å². The number of ether oxygens (including phenoxy) is 2. The van der Waals surface area contributed by atoms with Crippen molar-refractivity contribution in [2.24, 2.45) is 0 Å². The summed E-state index contributed by atoms with van der Waals surface area (Å²) in [7, 11) is 0. The maximum atomic E-state index is 14.1. The lowest BCUT2D eigenvalue weighted by Gasteiger charge is -2.35. The van der Waals surface area contributed by atoms with Gasteiger partial charge in [-0.3, -0.25) is 9.69 Å². The molecule has 1 aliphatic rings. The largest absolute Gasteiger partial charge is 0.507 e. The zero-order chi connectivity index (χ0) is 25.5. The van der Waals surface area contributed by atoms with Crippen LogP contribution in [0.3, 0.4) is 0 Å². The first-order valence-corrected chi connectivity index (χ1v) is 11.5. The second-order valence-corrected chi connectivity index (χ2v) is 9.27. The molecule has 0 bridgehead atoms. The molecular formula is C26H28F3NO5. The van der Waals surface area contributed by atoms with Crippen LogP contribution in [0.15, 0.2) is 45.6 Å². The molecular weight excluding hydrogens is 463 g/mol. The van der Waals surface area contributed by atoms with Gasteiger partial charge in [-0.1, -0.05) is 32.0 Å². The fourth-order valence-corrected chi connectivity index (χ4v) is 4.52. The predicted octanol–water partition coefficient (Wildman–Crippen LogP) is 6.04. The van der Waals surface area contributed by atoms with Crippen LogP contribution >= 0.6 is 0 Å². The zero-order valence-electron chi connectivity index (χ0n) is 20.0. The highest BCUT2D eigenvalue weighted by Crippen LogP contribution is 2.41.